The van der Waals surface area contributed by atoms with E-state index in [1.807, 2.05) is 30.3 Å². The van der Waals surface area contributed by atoms with Gasteiger partial charge >= 0.3 is 0 Å². The van der Waals surface area contributed by atoms with Gasteiger partial charge in [-0.1, -0.05) is 17.7 Å². The first-order valence-corrected chi connectivity index (χ1v) is 8.63. The van der Waals surface area contributed by atoms with E-state index in [4.69, 9.17) is 17.3 Å². The van der Waals surface area contributed by atoms with E-state index in [0.717, 1.165) is 24.7 Å². The molecule has 0 bridgehead atoms. The minimum absolute atomic E-state index is 0.0347. The van der Waals surface area contributed by atoms with E-state index >= 15 is 0 Å². The average Bonchev–Trinajstić information content (AvgIpc) is 2.43. The molecule has 0 spiro atoms. The van der Waals surface area contributed by atoms with Gasteiger partial charge in [0.1, 0.15) is 0 Å². The first-order chi connectivity index (χ1) is 9.51. The molecule has 0 fully saturated rings. The van der Waals surface area contributed by atoms with E-state index in [1.54, 1.807) is 0 Å². The zero-order chi connectivity index (χ0) is 14.7. The molecular weight excluding hydrogens is 471 g/mol. The number of halogens is 4. The highest BCUT2D eigenvalue weighted by atomic mass is 79.9. The van der Waals surface area contributed by atoms with Gasteiger partial charge in [0.2, 0.25) is 0 Å². The number of hydrogen-bond acceptors (Lipinski definition) is 2. The molecule has 0 saturated carbocycles. The van der Waals surface area contributed by atoms with Crippen molar-refractivity contribution in [2.75, 3.05) is 11.9 Å². The van der Waals surface area contributed by atoms with Gasteiger partial charge in [-0.15, -0.1) is 0 Å². The van der Waals surface area contributed by atoms with Crippen molar-refractivity contribution < 1.29 is 0 Å². The monoisotopic (exact) mass is 480 g/mol. The zero-order valence-electron chi connectivity index (χ0n) is 10.3. The minimum atomic E-state index is 0.0347. The van der Waals surface area contributed by atoms with Crippen LogP contribution in [0.15, 0.2) is 49.8 Å². The van der Waals surface area contributed by atoms with Crippen LogP contribution in [0.2, 0.25) is 5.02 Å². The summed E-state index contributed by atoms with van der Waals surface area (Å²) in [6.07, 6.45) is 0. The van der Waals surface area contributed by atoms with Crippen LogP contribution < -0.4 is 11.1 Å². The molecule has 20 heavy (non-hydrogen) atoms. The van der Waals surface area contributed by atoms with Crippen LogP contribution in [-0.4, -0.2) is 6.54 Å². The van der Waals surface area contributed by atoms with Crippen LogP contribution in [0.1, 0.15) is 11.6 Å². The van der Waals surface area contributed by atoms with Gasteiger partial charge < -0.3 is 11.1 Å². The minimum Gasteiger partial charge on any atom is -0.377 e. The third-order valence-electron chi connectivity index (χ3n) is 2.84. The molecule has 2 aromatic rings. The van der Waals surface area contributed by atoms with E-state index < -0.39 is 0 Å². The Balaban J connectivity index is 2.23. The molecule has 6 heteroatoms. The molecule has 0 aromatic heterocycles. The van der Waals surface area contributed by atoms with Crippen molar-refractivity contribution >= 4 is 65.1 Å². The molecule has 2 nitrogen and oxygen atoms in total. The smallest absolute Gasteiger partial charge is 0.0636 e. The standard InChI is InChI=1S/C14H12Br3ClN2/c15-10-3-1-8(5-11(10)16)14(7-19)20-9-2-4-13(18)12(17)6-9/h1-6,14,20H,7,19H2. The highest BCUT2D eigenvalue weighted by molar-refractivity contribution is 9.13. The summed E-state index contributed by atoms with van der Waals surface area (Å²) in [5.74, 6) is 0. The summed E-state index contributed by atoms with van der Waals surface area (Å²) in [6.45, 7) is 0.494. The van der Waals surface area contributed by atoms with Gasteiger partial charge in [-0.05, 0) is 83.7 Å². The maximum Gasteiger partial charge on any atom is 0.0636 e. The van der Waals surface area contributed by atoms with Crippen molar-refractivity contribution in [3.63, 3.8) is 0 Å². The molecule has 2 rings (SSSR count). The maximum atomic E-state index is 6.00. The van der Waals surface area contributed by atoms with Gasteiger partial charge in [0.15, 0.2) is 0 Å². The van der Waals surface area contributed by atoms with Crippen molar-refractivity contribution in [3.8, 4) is 0 Å². The van der Waals surface area contributed by atoms with Crippen LogP contribution in [0.4, 0.5) is 5.69 Å². The van der Waals surface area contributed by atoms with Crippen LogP contribution in [0.25, 0.3) is 0 Å². The Kier molecular flexibility index (Phi) is 5.93. The van der Waals surface area contributed by atoms with Crippen LogP contribution in [0, 0.1) is 0 Å². The summed E-state index contributed by atoms with van der Waals surface area (Å²) in [5, 5.41) is 4.10. The first kappa shape index (κ1) is 16.3. The molecule has 1 unspecified atom stereocenters. The van der Waals surface area contributed by atoms with Gasteiger partial charge in [0, 0.05) is 25.7 Å². The topological polar surface area (TPSA) is 38.0 Å². The number of anilines is 1. The Labute approximate surface area is 148 Å². The summed E-state index contributed by atoms with van der Waals surface area (Å²) in [6, 6.07) is 11.9. The van der Waals surface area contributed by atoms with E-state index in [9.17, 15) is 0 Å². The molecule has 2 aromatic carbocycles. The molecular formula is C14H12Br3ClN2. The van der Waals surface area contributed by atoms with Gasteiger partial charge in [-0.2, -0.15) is 0 Å². The second-order valence-electron chi connectivity index (χ2n) is 4.24. The molecule has 0 aliphatic rings. The predicted molar refractivity (Wildman–Crippen MR) is 96.4 cm³/mol. The Morgan fingerprint density at radius 1 is 1.00 bits per heavy atom. The van der Waals surface area contributed by atoms with Crippen molar-refractivity contribution in [2.24, 2.45) is 5.73 Å². The fraction of sp³-hybridized carbons (Fsp3) is 0.143. The summed E-state index contributed by atoms with van der Waals surface area (Å²) >= 11 is 16.4. The molecule has 0 aliphatic heterocycles. The summed E-state index contributed by atoms with van der Waals surface area (Å²) in [7, 11) is 0. The Bertz CT molecular complexity index is 619. The number of benzene rings is 2. The fourth-order valence-corrected chi connectivity index (χ4v) is 2.93. The summed E-state index contributed by atoms with van der Waals surface area (Å²) in [5.41, 5.74) is 7.97. The van der Waals surface area contributed by atoms with E-state index in [1.165, 1.54) is 0 Å². The number of nitrogens with one attached hydrogen (secondary N) is 1. The lowest BCUT2D eigenvalue weighted by atomic mass is 10.1. The normalized spacial score (nSPS) is 12.2. The van der Waals surface area contributed by atoms with Crippen LogP contribution in [0.3, 0.4) is 0 Å². The van der Waals surface area contributed by atoms with Crippen LogP contribution >= 0.6 is 59.4 Å². The number of hydrogen-bond donors (Lipinski definition) is 2. The maximum absolute atomic E-state index is 6.00. The fourth-order valence-electron chi connectivity index (χ4n) is 1.79. The summed E-state index contributed by atoms with van der Waals surface area (Å²) in [4.78, 5) is 0. The van der Waals surface area contributed by atoms with Gasteiger partial charge in [0.25, 0.3) is 0 Å². The van der Waals surface area contributed by atoms with E-state index in [0.29, 0.717) is 11.6 Å². The molecule has 106 valence electrons. The van der Waals surface area contributed by atoms with Gasteiger partial charge in [-0.3, -0.25) is 0 Å². The molecule has 0 aliphatic carbocycles. The molecule has 1 atom stereocenters. The second-order valence-corrected chi connectivity index (χ2v) is 7.21. The highest BCUT2D eigenvalue weighted by Gasteiger charge is 2.11. The molecule has 0 saturated heterocycles. The highest BCUT2D eigenvalue weighted by Crippen LogP contribution is 2.30. The van der Waals surface area contributed by atoms with Crippen LogP contribution in [-0.2, 0) is 0 Å². The molecule has 0 radical (unpaired) electrons. The van der Waals surface area contributed by atoms with Crippen molar-refractivity contribution in [2.45, 2.75) is 6.04 Å². The molecule has 3 N–H and O–H groups in total. The Morgan fingerprint density at radius 2 is 1.75 bits per heavy atom. The van der Waals surface area contributed by atoms with Crippen molar-refractivity contribution in [3.05, 3.63) is 60.4 Å². The first-order valence-electron chi connectivity index (χ1n) is 5.88. The average molecular weight is 483 g/mol. The van der Waals surface area contributed by atoms with Crippen LogP contribution in [0.5, 0.6) is 0 Å². The molecule has 0 amide bonds. The van der Waals surface area contributed by atoms with Gasteiger partial charge in [0.05, 0.1) is 11.1 Å². The third-order valence-corrected chi connectivity index (χ3v) is 5.94. The Morgan fingerprint density at radius 3 is 2.35 bits per heavy atom. The zero-order valence-corrected chi connectivity index (χ0v) is 15.9. The number of nitrogens with two attached hydrogens (primary N) is 1. The number of rotatable bonds is 4. The van der Waals surface area contributed by atoms with Crippen molar-refractivity contribution in [1.29, 1.82) is 0 Å². The predicted octanol–water partition coefficient (Wildman–Crippen LogP) is 5.74. The third kappa shape index (κ3) is 3.98. The molecule has 0 heterocycles. The van der Waals surface area contributed by atoms with E-state index in [-0.39, 0.29) is 6.04 Å². The lowest BCUT2D eigenvalue weighted by Crippen LogP contribution is -2.20. The van der Waals surface area contributed by atoms with Crippen molar-refractivity contribution in [1.82, 2.24) is 0 Å². The SMILES string of the molecule is NCC(Nc1ccc(Cl)c(Br)c1)c1ccc(Br)c(Br)c1. The summed E-state index contributed by atoms with van der Waals surface area (Å²) < 4.78 is 2.88. The Hall–Kier alpha value is -0.0700. The lowest BCUT2D eigenvalue weighted by molar-refractivity contribution is 0.789. The largest absolute Gasteiger partial charge is 0.377 e. The lowest BCUT2D eigenvalue weighted by Gasteiger charge is -2.19. The van der Waals surface area contributed by atoms with Gasteiger partial charge in [-0.25, -0.2) is 0 Å². The quantitative estimate of drug-likeness (QED) is 0.582. The second kappa shape index (κ2) is 7.27. The van der Waals surface area contributed by atoms with E-state index in [2.05, 4.69) is 59.2 Å².